The van der Waals surface area contributed by atoms with E-state index < -0.39 is 5.63 Å². The summed E-state index contributed by atoms with van der Waals surface area (Å²) >= 11 is 0. The molecule has 0 spiro atoms. The highest BCUT2D eigenvalue weighted by molar-refractivity contribution is 5.87. The molecule has 6 nitrogen and oxygen atoms in total. The lowest BCUT2D eigenvalue weighted by atomic mass is 10.2. The number of ether oxygens (including phenoxy) is 2. The van der Waals surface area contributed by atoms with Gasteiger partial charge in [-0.05, 0) is 58.6 Å². The second-order valence-electron chi connectivity index (χ2n) is 6.96. The number of carbonyl (C=O) groups is 1. The third kappa shape index (κ3) is 6.66. The lowest BCUT2D eigenvalue weighted by Gasteiger charge is -2.21. The van der Waals surface area contributed by atoms with Crippen LogP contribution in [0.1, 0.15) is 46.5 Å². The number of hydrogen-bond acceptors (Lipinski definition) is 6. The fraction of sp³-hybridized carbons (Fsp3) is 0.478. The number of benzene rings is 1. The van der Waals surface area contributed by atoms with Gasteiger partial charge in [0.25, 0.3) is 0 Å². The summed E-state index contributed by atoms with van der Waals surface area (Å²) in [5, 5.41) is 0.798. The molecule has 0 amide bonds. The molecule has 0 aliphatic heterocycles. The Hall–Kier alpha value is -2.76. The number of carbonyl (C=O) groups excluding carboxylic acids is 1. The average Bonchev–Trinajstić information content (AvgIpc) is 2.70. The maximum absolute atomic E-state index is 11.9. The van der Waals surface area contributed by atoms with Crippen molar-refractivity contribution in [2.24, 2.45) is 0 Å². The summed E-state index contributed by atoms with van der Waals surface area (Å²) in [5.74, 6) is 0.213. The van der Waals surface area contributed by atoms with Crippen LogP contribution in [0, 0.1) is 0 Å². The van der Waals surface area contributed by atoms with Gasteiger partial charge in [0, 0.05) is 30.4 Å². The second kappa shape index (κ2) is 11.3. The number of esters is 1. The normalized spacial score (nSPS) is 10.7. The minimum absolute atomic E-state index is 0.340. The number of nitrogens with zero attached hydrogens (tertiary/aromatic N) is 1. The minimum atomic E-state index is -0.413. The molecule has 29 heavy (non-hydrogen) atoms. The minimum Gasteiger partial charge on any atom is -0.493 e. The number of anilines is 1. The van der Waals surface area contributed by atoms with E-state index in [1.165, 1.54) is 6.07 Å². The van der Waals surface area contributed by atoms with Crippen LogP contribution in [-0.2, 0) is 9.53 Å². The number of unbranched alkanes of at least 4 members (excludes halogenated alkanes) is 3. The maximum Gasteiger partial charge on any atom is 0.339 e. The highest BCUT2D eigenvalue weighted by Gasteiger charge is 2.10. The smallest absolute Gasteiger partial charge is 0.339 e. The number of rotatable bonds is 12. The summed E-state index contributed by atoms with van der Waals surface area (Å²) in [5.41, 5.74) is 1.57. The zero-order valence-electron chi connectivity index (χ0n) is 17.7. The zero-order valence-corrected chi connectivity index (χ0v) is 17.7. The van der Waals surface area contributed by atoms with Crippen LogP contribution in [0.2, 0.25) is 0 Å². The molecule has 2 aromatic rings. The van der Waals surface area contributed by atoms with Gasteiger partial charge in [-0.2, -0.15) is 0 Å². The van der Waals surface area contributed by atoms with Crippen LogP contribution in [0.15, 0.2) is 45.6 Å². The van der Waals surface area contributed by atoms with Crippen molar-refractivity contribution in [1.29, 1.82) is 0 Å². The van der Waals surface area contributed by atoms with E-state index in [0.29, 0.717) is 30.1 Å². The van der Waals surface area contributed by atoms with E-state index >= 15 is 0 Å². The van der Waals surface area contributed by atoms with Crippen LogP contribution in [0.5, 0.6) is 5.75 Å². The predicted octanol–water partition coefficient (Wildman–Crippen LogP) is 4.70. The first-order chi connectivity index (χ1) is 14.0. The van der Waals surface area contributed by atoms with Crippen molar-refractivity contribution in [2.75, 3.05) is 31.2 Å². The molecule has 2 rings (SSSR count). The molecule has 0 unspecified atom stereocenters. The Balaban J connectivity index is 1.86. The molecule has 0 aliphatic rings. The quantitative estimate of drug-likeness (QED) is 0.222. The Morgan fingerprint density at radius 3 is 2.41 bits per heavy atom. The van der Waals surface area contributed by atoms with Crippen LogP contribution in [0.3, 0.4) is 0 Å². The fourth-order valence-electron chi connectivity index (χ4n) is 3.05. The summed E-state index contributed by atoms with van der Waals surface area (Å²) in [4.78, 5) is 25.4. The van der Waals surface area contributed by atoms with E-state index in [0.717, 1.165) is 49.8 Å². The summed E-state index contributed by atoms with van der Waals surface area (Å²) in [6, 6.07) is 7.25. The standard InChI is InChI=1S/C23H31NO5/c1-5-24(6-2)18-11-12-19-20(16-22(25)29-21(19)15-18)27-13-9-7-8-10-14-28-23(26)17(3)4/h11-12,15-16H,3,5-10,13-14H2,1-2,4H3. The summed E-state index contributed by atoms with van der Waals surface area (Å²) in [6.45, 7) is 12.1. The van der Waals surface area contributed by atoms with Crippen LogP contribution in [0.25, 0.3) is 11.0 Å². The van der Waals surface area contributed by atoms with Gasteiger partial charge >= 0.3 is 11.6 Å². The van der Waals surface area contributed by atoms with Gasteiger partial charge < -0.3 is 18.8 Å². The Labute approximate surface area is 172 Å². The summed E-state index contributed by atoms with van der Waals surface area (Å²) in [7, 11) is 0. The van der Waals surface area contributed by atoms with Crippen molar-refractivity contribution in [3.63, 3.8) is 0 Å². The Morgan fingerprint density at radius 1 is 1.07 bits per heavy atom. The highest BCUT2D eigenvalue weighted by atomic mass is 16.5. The first kappa shape index (κ1) is 22.5. The van der Waals surface area contributed by atoms with E-state index in [9.17, 15) is 9.59 Å². The SMILES string of the molecule is C=C(C)C(=O)OCCCCCCOc1cc(=O)oc2cc(N(CC)CC)ccc12. The molecule has 1 aromatic heterocycles. The van der Waals surface area contributed by atoms with Crippen LogP contribution in [-0.4, -0.2) is 32.3 Å². The van der Waals surface area contributed by atoms with Gasteiger partial charge in [0.05, 0.1) is 24.7 Å². The van der Waals surface area contributed by atoms with Gasteiger partial charge in [0.15, 0.2) is 0 Å². The zero-order chi connectivity index (χ0) is 21.2. The first-order valence-electron chi connectivity index (χ1n) is 10.2. The second-order valence-corrected chi connectivity index (χ2v) is 6.96. The fourth-order valence-corrected chi connectivity index (χ4v) is 3.05. The molecular formula is C23H31NO5. The van der Waals surface area contributed by atoms with Crippen LogP contribution in [0.4, 0.5) is 5.69 Å². The van der Waals surface area contributed by atoms with Crippen molar-refractivity contribution < 1.29 is 18.7 Å². The third-order valence-electron chi connectivity index (χ3n) is 4.70. The van der Waals surface area contributed by atoms with Crippen LogP contribution < -0.4 is 15.3 Å². The van der Waals surface area contributed by atoms with Crippen molar-refractivity contribution >= 4 is 22.6 Å². The molecular weight excluding hydrogens is 370 g/mol. The maximum atomic E-state index is 11.9. The molecule has 0 N–H and O–H groups in total. The molecule has 1 aromatic carbocycles. The number of hydrogen-bond donors (Lipinski definition) is 0. The molecule has 0 aliphatic carbocycles. The molecule has 0 bridgehead atoms. The van der Waals surface area contributed by atoms with Gasteiger partial charge in [-0.3, -0.25) is 0 Å². The van der Waals surface area contributed by atoms with Gasteiger partial charge in [0.1, 0.15) is 11.3 Å². The Bertz CT molecular complexity index is 882. The first-order valence-corrected chi connectivity index (χ1v) is 10.2. The lowest BCUT2D eigenvalue weighted by Crippen LogP contribution is -2.21. The number of fused-ring (bicyclic) bond motifs is 1. The highest BCUT2D eigenvalue weighted by Crippen LogP contribution is 2.28. The third-order valence-corrected chi connectivity index (χ3v) is 4.70. The summed E-state index contributed by atoms with van der Waals surface area (Å²) < 4.78 is 16.3. The molecule has 0 atom stereocenters. The lowest BCUT2D eigenvalue weighted by molar-refractivity contribution is -0.139. The molecule has 6 heteroatoms. The molecule has 0 fully saturated rings. The Kier molecular flexibility index (Phi) is 8.77. The van der Waals surface area contributed by atoms with E-state index in [1.807, 2.05) is 18.2 Å². The van der Waals surface area contributed by atoms with Gasteiger partial charge in [0.2, 0.25) is 0 Å². The molecule has 1 heterocycles. The van der Waals surface area contributed by atoms with E-state index in [-0.39, 0.29) is 5.97 Å². The van der Waals surface area contributed by atoms with Crippen LogP contribution >= 0.6 is 0 Å². The Morgan fingerprint density at radius 2 is 1.76 bits per heavy atom. The molecule has 0 saturated heterocycles. The van der Waals surface area contributed by atoms with Crippen molar-refractivity contribution in [3.05, 3.63) is 46.8 Å². The summed E-state index contributed by atoms with van der Waals surface area (Å²) in [6.07, 6.45) is 3.56. The van der Waals surface area contributed by atoms with Gasteiger partial charge in [-0.25, -0.2) is 9.59 Å². The predicted molar refractivity (Wildman–Crippen MR) is 116 cm³/mol. The van der Waals surface area contributed by atoms with Crippen molar-refractivity contribution in [1.82, 2.24) is 0 Å². The van der Waals surface area contributed by atoms with Crippen molar-refractivity contribution in [2.45, 2.75) is 46.5 Å². The van der Waals surface area contributed by atoms with E-state index in [1.54, 1.807) is 6.92 Å². The monoisotopic (exact) mass is 401 g/mol. The largest absolute Gasteiger partial charge is 0.493 e. The van der Waals surface area contributed by atoms with Gasteiger partial charge in [-0.15, -0.1) is 0 Å². The molecule has 0 radical (unpaired) electrons. The van der Waals surface area contributed by atoms with Crippen molar-refractivity contribution in [3.8, 4) is 5.75 Å². The van der Waals surface area contributed by atoms with E-state index in [2.05, 4.69) is 25.3 Å². The average molecular weight is 402 g/mol. The topological polar surface area (TPSA) is 69.0 Å². The molecule has 158 valence electrons. The van der Waals surface area contributed by atoms with E-state index in [4.69, 9.17) is 13.9 Å². The van der Waals surface area contributed by atoms with Gasteiger partial charge in [-0.1, -0.05) is 6.58 Å². The molecule has 0 saturated carbocycles.